The molecule has 0 bridgehead atoms. The maximum absolute atomic E-state index is 13.7. The first-order chi connectivity index (χ1) is 13.1. The highest BCUT2D eigenvalue weighted by Gasteiger charge is 2.41. The number of fused-ring (bicyclic) bond motifs is 1. The summed E-state index contributed by atoms with van der Waals surface area (Å²) in [7, 11) is 0. The highest BCUT2D eigenvalue weighted by atomic mass is 32.2. The van der Waals surface area contributed by atoms with E-state index in [9.17, 15) is 19.2 Å². The average Bonchev–Trinajstić information content (AvgIpc) is 3.08. The number of carbonyl (C=O) groups is 2. The third kappa shape index (κ3) is 4.49. The Morgan fingerprint density at radius 2 is 1.96 bits per heavy atom. The third-order valence-electron chi connectivity index (χ3n) is 3.79. The van der Waals surface area contributed by atoms with E-state index < -0.39 is 28.7 Å². The number of hydroxylamine groups is 2. The fourth-order valence-electron chi connectivity index (χ4n) is 2.64. The maximum atomic E-state index is 13.7. The van der Waals surface area contributed by atoms with Crippen molar-refractivity contribution in [1.29, 1.82) is 0 Å². The molecular weight excluding hydrogens is 403 g/mol. The number of amides is 1. The van der Waals surface area contributed by atoms with Crippen LogP contribution in [0.4, 0.5) is 10.1 Å². The van der Waals surface area contributed by atoms with E-state index in [1.54, 1.807) is 44.4 Å². The molecule has 1 aromatic carbocycles. The van der Waals surface area contributed by atoms with Crippen molar-refractivity contribution < 1.29 is 18.7 Å². The second-order valence-corrected chi connectivity index (χ2v) is 9.09. The molecule has 2 heterocycles. The second-order valence-electron chi connectivity index (χ2n) is 7.23. The van der Waals surface area contributed by atoms with Crippen LogP contribution in [0.1, 0.15) is 36.0 Å². The Morgan fingerprint density at radius 1 is 1.29 bits per heavy atom. The van der Waals surface area contributed by atoms with Crippen LogP contribution in [0.3, 0.4) is 0 Å². The monoisotopic (exact) mass is 422 g/mol. The van der Waals surface area contributed by atoms with Crippen LogP contribution in [0, 0.1) is 11.0 Å². The van der Waals surface area contributed by atoms with E-state index >= 15 is 0 Å². The van der Waals surface area contributed by atoms with Gasteiger partial charge in [-0.15, -0.1) is 16.3 Å². The minimum atomic E-state index is -1.18. The van der Waals surface area contributed by atoms with Crippen molar-refractivity contribution in [3.8, 4) is 0 Å². The average molecular weight is 423 g/mol. The van der Waals surface area contributed by atoms with Gasteiger partial charge in [0.25, 0.3) is 11.1 Å². The molecule has 0 radical (unpaired) electrons. The quantitative estimate of drug-likeness (QED) is 0.412. The molecular formula is C19H19FN2O4S2. The molecule has 1 aromatic heterocycles. The van der Waals surface area contributed by atoms with Crippen LogP contribution in [-0.2, 0) is 15.3 Å². The Hall–Kier alpha value is -2.07. The molecule has 0 fully saturated rings. The summed E-state index contributed by atoms with van der Waals surface area (Å²) in [4.78, 5) is 28.9. The summed E-state index contributed by atoms with van der Waals surface area (Å²) < 4.78 is 17.2. The number of nitrogens with zero attached hydrogens (tertiary/aromatic N) is 2. The van der Waals surface area contributed by atoms with Gasteiger partial charge < -0.3 is 9.94 Å². The molecule has 0 aliphatic carbocycles. The van der Waals surface area contributed by atoms with Crippen molar-refractivity contribution in [2.24, 2.45) is 4.99 Å². The molecule has 1 aliphatic rings. The van der Waals surface area contributed by atoms with Crippen LogP contribution in [0.15, 0.2) is 40.7 Å². The van der Waals surface area contributed by atoms with Crippen LogP contribution in [0.5, 0.6) is 0 Å². The van der Waals surface area contributed by atoms with E-state index in [0.29, 0.717) is 5.75 Å². The molecule has 0 N–H and O–H groups in total. The molecule has 1 aliphatic heterocycles. The molecule has 9 heteroatoms. The number of quaternary nitrogens is 1. The van der Waals surface area contributed by atoms with Crippen LogP contribution < -0.4 is 4.65 Å². The lowest BCUT2D eigenvalue weighted by Gasteiger charge is -2.41. The number of hydrogen-bond acceptors (Lipinski definition) is 6. The topological polar surface area (TPSA) is 78.8 Å². The summed E-state index contributed by atoms with van der Waals surface area (Å²) in [5, 5.41) is 15.3. The van der Waals surface area contributed by atoms with Gasteiger partial charge in [-0.1, -0.05) is 12.1 Å². The Bertz CT molecular complexity index is 934. The number of hydrogen-bond donors (Lipinski definition) is 0. The van der Waals surface area contributed by atoms with Crippen LogP contribution in [-0.4, -0.2) is 29.2 Å². The Balaban J connectivity index is 1.88. The number of halogens is 1. The number of aliphatic imine (C=N–C) groups is 1. The highest BCUT2D eigenvalue weighted by molar-refractivity contribution is 8.13. The second kappa shape index (κ2) is 7.75. The smallest absolute Gasteiger partial charge is 0.363 e. The minimum Gasteiger partial charge on any atom is -0.620 e. The highest BCUT2D eigenvalue weighted by Crippen LogP contribution is 2.39. The lowest BCUT2D eigenvalue weighted by Crippen LogP contribution is -2.54. The first-order valence-corrected chi connectivity index (χ1v) is 10.3. The summed E-state index contributed by atoms with van der Waals surface area (Å²) in [6.45, 7) is 4.62. The normalized spacial score (nSPS) is 19.2. The number of benzene rings is 1. The van der Waals surface area contributed by atoms with E-state index in [4.69, 9.17) is 4.74 Å². The summed E-state index contributed by atoms with van der Waals surface area (Å²) in [6.07, 6.45) is 0. The van der Waals surface area contributed by atoms with Crippen molar-refractivity contribution in [2.45, 2.75) is 32.1 Å². The Kier molecular flexibility index (Phi) is 5.72. The summed E-state index contributed by atoms with van der Waals surface area (Å²) >= 11 is 2.18. The number of carbonyl (C=O) groups excluding carboxylic acids is 2. The van der Waals surface area contributed by atoms with Gasteiger partial charge in [0.05, 0.1) is 0 Å². The van der Waals surface area contributed by atoms with E-state index in [1.165, 1.54) is 12.1 Å². The predicted molar refractivity (Wildman–Crippen MR) is 110 cm³/mol. The van der Waals surface area contributed by atoms with Gasteiger partial charge in [-0.25, -0.2) is 9.18 Å². The van der Waals surface area contributed by atoms with Crippen molar-refractivity contribution in [3.63, 3.8) is 0 Å². The number of amidine groups is 1. The van der Waals surface area contributed by atoms with Gasteiger partial charge in [-0.2, -0.15) is 0 Å². The molecule has 0 saturated carbocycles. The fourth-order valence-corrected chi connectivity index (χ4v) is 4.46. The molecule has 3 rings (SSSR count). The van der Waals surface area contributed by atoms with Gasteiger partial charge in [0, 0.05) is 11.8 Å². The molecule has 1 amide bonds. The van der Waals surface area contributed by atoms with Gasteiger partial charge in [-0.3, -0.25) is 9.44 Å². The zero-order chi connectivity index (χ0) is 20.5. The zero-order valence-electron chi connectivity index (χ0n) is 15.6. The number of thiophene rings is 1. The van der Waals surface area contributed by atoms with Crippen molar-refractivity contribution >= 4 is 45.8 Å². The number of esters is 1. The lowest BCUT2D eigenvalue weighted by atomic mass is 10.2. The Morgan fingerprint density at radius 3 is 2.61 bits per heavy atom. The zero-order valence-corrected chi connectivity index (χ0v) is 17.2. The molecule has 28 heavy (non-hydrogen) atoms. The standard InChI is InChI=1S/C19H19FN2O4S2/c1-19(2,3)26-15(23)10-22(25)14-8-9-27-16(14)17(24)21-18(22)28-11-12-4-6-13(20)7-5-12/h4-9H,10-11H2,1-3H3. The molecule has 1 unspecified atom stereocenters. The molecule has 6 nitrogen and oxygen atoms in total. The number of ether oxygens (including phenoxy) is 1. The summed E-state index contributed by atoms with van der Waals surface area (Å²) in [6, 6.07) is 7.37. The van der Waals surface area contributed by atoms with E-state index in [-0.39, 0.29) is 21.5 Å². The molecule has 0 spiro atoms. The van der Waals surface area contributed by atoms with Gasteiger partial charge in [-0.05, 0) is 55.6 Å². The first kappa shape index (κ1) is 20.7. The molecule has 148 valence electrons. The molecule has 0 saturated heterocycles. The summed E-state index contributed by atoms with van der Waals surface area (Å²) in [5.74, 6) is -1.23. The SMILES string of the molecule is CC(C)(C)OC(=O)C[N+]1([O-])C(SCc2ccc(F)cc2)=NC(=O)c2sccc21. The van der Waals surface area contributed by atoms with Crippen LogP contribution in [0.2, 0.25) is 0 Å². The van der Waals surface area contributed by atoms with E-state index in [0.717, 1.165) is 28.7 Å². The lowest BCUT2D eigenvalue weighted by molar-refractivity contribution is -0.154. The van der Waals surface area contributed by atoms with Gasteiger partial charge in [0.2, 0.25) is 0 Å². The van der Waals surface area contributed by atoms with E-state index in [1.807, 2.05) is 0 Å². The van der Waals surface area contributed by atoms with Crippen molar-refractivity contribution in [3.05, 3.63) is 57.2 Å². The third-order valence-corrected chi connectivity index (χ3v) is 5.80. The number of thioether (sulfide) groups is 1. The van der Waals surface area contributed by atoms with Gasteiger partial charge >= 0.3 is 5.97 Å². The largest absolute Gasteiger partial charge is 0.620 e. The van der Waals surface area contributed by atoms with Crippen LogP contribution >= 0.6 is 23.1 Å². The van der Waals surface area contributed by atoms with Crippen LogP contribution in [0.25, 0.3) is 0 Å². The minimum absolute atomic E-state index is 0.0360. The number of rotatable bonds is 4. The Labute approximate surface area is 170 Å². The van der Waals surface area contributed by atoms with Crippen molar-refractivity contribution in [2.75, 3.05) is 6.54 Å². The maximum Gasteiger partial charge on any atom is 0.363 e. The molecule has 2 aromatic rings. The summed E-state index contributed by atoms with van der Waals surface area (Å²) in [5.41, 5.74) is 0.219. The molecule has 1 atom stereocenters. The first-order valence-electron chi connectivity index (χ1n) is 8.48. The van der Waals surface area contributed by atoms with Gasteiger partial charge in [0.15, 0.2) is 17.1 Å². The van der Waals surface area contributed by atoms with Gasteiger partial charge in [0.1, 0.15) is 11.4 Å². The van der Waals surface area contributed by atoms with Crippen molar-refractivity contribution in [1.82, 2.24) is 4.65 Å². The predicted octanol–water partition coefficient (Wildman–Crippen LogP) is 4.48. The van der Waals surface area contributed by atoms with E-state index in [2.05, 4.69) is 4.99 Å². The fraction of sp³-hybridized carbons (Fsp3) is 0.316.